The minimum absolute atomic E-state index is 0.0293. The highest BCUT2D eigenvalue weighted by atomic mass is 16.6. The molecule has 1 unspecified atom stereocenters. The van der Waals surface area contributed by atoms with Crippen molar-refractivity contribution in [2.75, 3.05) is 13.2 Å². The number of H-pyrrole nitrogens is 1. The van der Waals surface area contributed by atoms with Crippen LogP contribution in [0.4, 0.5) is 4.79 Å². The number of ether oxygens (including phenoxy) is 1. The molecule has 1 aromatic heterocycles. The normalized spacial score (nSPS) is 18.0. The summed E-state index contributed by atoms with van der Waals surface area (Å²) in [6.45, 7) is 0.716. The lowest BCUT2D eigenvalue weighted by Crippen LogP contribution is -2.36. The van der Waals surface area contributed by atoms with Gasteiger partial charge in [-0.3, -0.25) is 4.90 Å². The fourth-order valence-corrected chi connectivity index (χ4v) is 4.92. The zero-order valence-corrected chi connectivity index (χ0v) is 17.5. The summed E-state index contributed by atoms with van der Waals surface area (Å²) in [5.74, 6) is -1.19. The first-order valence-electron chi connectivity index (χ1n) is 10.9. The Morgan fingerprint density at radius 2 is 1.69 bits per heavy atom. The van der Waals surface area contributed by atoms with Crippen molar-refractivity contribution in [1.29, 1.82) is 0 Å². The Kier molecular flexibility index (Phi) is 5.34. The number of aromatic amines is 1. The number of benzene rings is 2. The number of amides is 1. The molecule has 1 aliphatic heterocycles. The van der Waals surface area contributed by atoms with E-state index in [1.807, 2.05) is 24.3 Å². The molecule has 3 aromatic rings. The van der Waals surface area contributed by atoms with E-state index in [0.29, 0.717) is 13.0 Å². The molecule has 1 amide bonds. The number of carbonyl (C=O) groups is 2. The van der Waals surface area contributed by atoms with Crippen LogP contribution in [-0.2, 0) is 4.74 Å². The molecule has 5 rings (SSSR count). The molecule has 2 heterocycles. The second kappa shape index (κ2) is 8.45. The van der Waals surface area contributed by atoms with Gasteiger partial charge in [0.05, 0.1) is 6.04 Å². The number of carbonyl (C=O) groups excluding carboxylic acids is 1. The summed E-state index contributed by atoms with van der Waals surface area (Å²) in [7, 11) is 0. The highest BCUT2D eigenvalue weighted by Crippen LogP contribution is 2.44. The Morgan fingerprint density at radius 1 is 1.00 bits per heavy atom. The molecule has 1 atom stereocenters. The van der Waals surface area contributed by atoms with Crippen molar-refractivity contribution in [2.24, 2.45) is 0 Å². The Bertz CT molecular complexity index is 1110. The van der Waals surface area contributed by atoms with Gasteiger partial charge in [-0.2, -0.15) is 10.3 Å². The van der Waals surface area contributed by atoms with Crippen LogP contribution in [0.25, 0.3) is 11.1 Å². The van der Waals surface area contributed by atoms with Crippen molar-refractivity contribution in [1.82, 2.24) is 20.3 Å². The number of likely N-dealkylation sites (tertiary alicyclic amines) is 1. The van der Waals surface area contributed by atoms with E-state index in [1.165, 1.54) is 11.1 Å². The Hall–Kier alpha value is -3.68. The maximum absolute atomic E-state index is 13.2. The van der Waals surface area contributed by atoms with Gasteiger partial charge in [-0.05, 0) is 35.1 Å². The third-order valence-corrected chi connectivity index (χ3v) is 6.42. The first-order chi connectivity index (χ1) is 15.6. The first kappa shape index (κ1) is 20.2. The summed E-state index contributed by atoms with van der Waals surface area (Å²) in [5, 5.41) is 19.7. The number of carboxylic acids is 1. The molecule has 0 bridgehead atoms. The topological polar surface area (TPSA) is 108 Å². The predicted molar refractivity (Wildman–Crippen MR) is 116 cm³/mol. The highest BCUT2D eigenvalue weighted by Gasteiger charge is 2.35. The van der Waals surface area contributed by atoms with Gasteiger partial charge in [0.1, 0.15) is 12.3 Å². The number of aromatic nitrogens is 3. The van der Waals surface area contributed by atoms with Crippen LogP contribution in [0.2, 0.25) is 0 Å². The van der Waals surface area contributed by atoms with Gasteiger partial charge in [-0.15, -0.1) is 5.10 Å². The third-order valence-electron chi connectivity index (χ3n) is 6.42. The Balaban J connectivity index is 1.38. The predicted octanol–water partition coefficient (Wildman–Crippen LogP) is 4.37. The molecule has 32 heavy (non-hydrogen) atoms. The standard InChI is InChI=1S/C24H24N4O4/c29-23(30)22-21(25-27-26-22)20-12-2-1-7-13-28(20)24(31)32-14-19-17-10-5-3-8-15(17)16-9-4-6-11-18(16)19/h3-6,8-11,19-20H,1-2,7,12-14H2,(H,29,30)(H,25,26,27). The molecule has 0 radical (unpaired) electrons. The number of hydrogen-bond donors (Lipinski definition) is 2. The summed E-state index contributed by atoms with van der Waals surface area (Å²) < 4.78 is 5.84. The van der Waals surface area contributed by atoms with Crippen LogP contribution in [0.1, 0.15) is 65.0 Å². The number of carboxylic acid groups (broad SMARTS) is 1. The van der Waals surface area contributed by atoms with Crippen LogP contribution >= 0.6 is 0 Å². The fraction of sp³-hybridized carbons (Fsp3) is 0.333. The molecule has 164 valence electrons. The number of fused-ring (bicyclic) bond motifs is 3. The molecular formula is C24H24N4O4. The monoisotopic (exact) mass is 432 g/mol. The van der Waals surface area contributed by atoms with Crippen LogP contribution in [0.3, 0.4) is 0 Å². The Morgan fingerprint density at radius 3 is 2.38 bits per heavy atom. The van der Waals surface area contributed by atoms with Crippen molar-refractivity contribution in [3.8, 4) is 11.1 Å². The van der Waals surface area contributed by atoms with Crippen LogP contribution < -0.4 is 0 Å². The first-order valence-corrected chi connectivity index (χ1v) is 10.9. The van der Waals surface area contributed by atoms with Crippen molar-refractivity contribution < 1.29 is 19.4 Å². The second-order valence-electron chi connectivity index (χ2n) is 8.23. The average Bonchev–Trinajstić information content (AvgIpc) is 3.33. The summed E-state index contributed by atoms with van der Waals surface area (Å²) in [6, 6.07) is 15.9. The minimum atomic E-state index is -1.16. The molecule has 8 nitrogen and oxygen atoms in total. The van der Waals surface area contributed by atoms with Crippen molar-refractivity contribution >= 4 is 12.1 Å². The molecule has 1 fully saturated rings. The zero-order chi connectivity index (χ0) is 22.1. The van der Waals surface area contributed by atoms with Gasteiger partial charge in [0.15, 0.2) is 5.69 Å². The zero-order valence-electron chi connectivity index (χ0n) is 17.5. The van der Waals surface area contributed by atoms with E-state index >= 15 is 0 Å². The van der Waals surface area contributed by atoms with Gasteiger partial charge >= 0.3 is 12.1 Å². The fourth-order valence-electron chi connectivity index (χ4n) is 4.92. The van der Waals surface area contributed by atoms with Crippen LogP contribution in [0, 0.1) is 0 Å². The number of aromatic carboxylic acids is 1. The lowest BCUT2D eigenvalue weighted by Gasteiger charge is -2.28. The van der Waals surface area contributed by atoms with E-state index in [4.69, 9.17) is 4.74 Å². The van der Waals surface area contributed by atoms with Crippen LogP contribution in [-0.4, -0.2) is 50.6 Å². The van der Waals surface area contributed by atoms with Crippen molar-refractivity contribution in [2.45, 2.75) is 37.6 Å². The average molecular weight is 432 g/mol. The molecular weight excluding hydrogens is 408 g/mol. The van der Waals surface area contributed by atoms with Gasteiger partial charge in [-0.1, -0.05) is 61.4 Å². The highest BCUT2D eigenvalue weighted by molar-refractivity contribution is 5.86. The molecule has 2 aliphatic rings. The van der Waals surface area contributed by atoms with Crippen LogP contribution in [0.5, 0.6) is 0 Å². The van der Waals surface area contributed by atoms with E-state index in [-0.39, 0.29) is 23.9 Å². The molecule has 1 aliphatic carbocycles. The summed E-state index contributed by atoms with van der Waals surface area (Å²) in [5.41, 5.74) is 4.79. The third kappa shape index (κ3) is 3.51. The van der Waals surface area contributed by atoms with Gasteiger partial charge in [0.25, 0.3) is 0 Å². The van der Waals surface area contributed by atoms with Crippen molar-refractivity contribution in [3.05, 3.63) is 71.0 Å². The quantitative estimate of drug-likeness (QED) is 0.634. The lowest BCUT2D eigenvalue weighted by atomic mass is 9.98. The molecule has 2 aromatic carbocycles. The molecule has 8 heteroatoms. The molecule has 1 saturated heterocycles. The van der Waals surface area contributed by atoms with E-state index < -0.39 is 18.1 Å². The van der Waals surface area contributed by atoms with Crippen molar-refractivity contribution in [3.63, 3.8) is 0 Å². The SMILES string of the molecule is O=C(O)c1n[nH]nc1C1CCCCCN1C(=O)OCC1c2ccccc2-c2ccccc21. The number of hydrogen-bond acceptors (Lipinski definition) is 5. The van der Waals surface area contributed by atoms with E-state index in [2.05, 4.69) is 39.7 Å². The molecule has 0 spiro atoms. The maximum atomic E-state index is 13.2. The number of nitrogens with one attached hydrogen (secondary N) is 1. The van der Waals surface area contributed by atoms with Gasteiger partial charge in [-0.25, -0.2) is 9.59 Å². The Labute approximate surface area is 185 Å². The molecule has 2 N–H and O–H groups in total. The lowest BCUT2D eigenvalue weighted by molar-refractivity contribution is 0.0674. The summed E-state index contributed by atoms with van der Waals surface area (Å²) in [4.78, 5) is 26.4. The van der Waals surface area contributed by atoms with E-state index in [0.717, 1.165) is 30.4 Å². The largest absolute Gasteiger partial charge is 0.476 e. The maximum Gasteiger partial charge on any atom is 0.410 e. The van der Waals surface area contributed by atoms with Gasteiger partial charge in [0.2, 0.25) is 0 Å². The van der Waals surface area contributed by atoms with Crippen LogP contribution in [0.15, 0.2) is 48.5 Å². The number of nitrogens with zero attached hydrogens (tertiary/aromatic N) is 3. The molecule has 0 saturated carbocycles. The smallest absolute Gasteiger partial charge is 0.410 e. The second-order valence-corrected chi connectivity index (χ2v) is 8.23. The van der Waals surface area contributed by atoms with Gasteiger partial charge in [0, 0.05) is 12.5 Å². The van der Waals surface area contributed by atoms with Gasteiger partial charge < -0.3 is 9.84 Å². The number of rotatable bonds is 4. The summed E-state index contributed by atoms with van der Waals surface area (Å²) >= 11 is 0. The van der Waals surface area contributed by atoms with E-state index in [9.17, 15) is 14.7 Å². The summed E-state index contributed by atoms with van der Waals surface area (Å²) in [6.07, 6.45) is 2.85. The van der Waals surface area contributed by atoms with E-state index in [1.54, 1.807) is 4.90 Å². The minimum Gasteiger partial charge on any atom is -0.476 e.